The molecule has 3 rings (SSSR count). The Bertz CT molecular complexity index is 836. The van der Waals surface area contributed by atoms with E-state index < -0.39 is 35.9 Å². The van der Waals surface area contributed by atoms with E-state index in [0.29, 0.717) is 12.8 Å². The summed E-state index contributed by atoms with van der Waals surface area (Å²) >= 11 is 0. The Labute approximate surface area is 170 Å². The fourth-order valence-corrected chi connectivity index (χ4v) is 3.43. The van der Waals surface area contributed by atoms with E-state index in [2.05, 4.69) is 10.3 Å². The molecule has 0 bridgehead atoms. The first-order valence-corrected chi connectivity index (χ1v) is 9.68. The van der Waals surface area contributed by atoms with Gasteiger partial charge in [0.05, 0.1) is 18.2 Å². The van der Waals surface area contributed by atoms with Crippen molar-refractivity contribution in [2.24, 2.45) is 0 Å². The minimum Gasteiger partial charge on any atom is -0.443 e. The van der Waals surface area contributed by atoms with Gasteiger partial charge in [0, 0.05) is 12.4 Å². The van der Waals surface area contributed by atoms with E-state index in [1.807, 2.05) is 36.4 Å². The van der Waals surface area contributed by atoms with E-state index in [1.165, 1.54) is 0 Å². The lowest BCUT2D eigenvalue weighted by Crippen LogP contribution is -2.67. The Balaban J connectivity index is 1.87. The summed E-state index contributed by atoms with van der Waals surface area (Å²) in [4.78, 5) is 30.7. The Kier molecular flexibility index (Phi) is 6.17. The summed E-state index contributed by atoms with van der Waals surface area (Å²) in [5.74, 6) is 0. The molecule has 3 atom stereocenters. The molecule has 7 nitrogen and oxygen atoms in total. The van der Waals surface area contributed by atoms with Crippen molar-refractivity contribution in [1.82, 2.24) is 15.2 Å². The van der Waals surface area contributed by atoms with Crippen molar-refractivity contribution in [3.63, 3.8) is 0 Å². The number of rotatable bonds is 4. The van der Waals surface area contributed by atoms with Crippen LogP contribution in [0.1, 0.15) is 31.9 Å². The van der Waals surface area contributed by atoms with Crippen LogP contribution in [0.5, 0.6) is 0 Å². The predicted octanol–water partition coefficient (Wildman–Crippen LogP) is 2.93. The number of aromatic nitrogens is 1. The highest BCUT2D eigenvalue weighted by Gasteiger charge is 2.45. The number of nitrogens with zero attached hydrogens (tertiary/aromatic N) is 2. The lowest BCUT2D eigenvalue weighted by molar-refractivity contribution is -0.0137. The first kappa shape index (κ1) is 20.8. The molecule has 2 N–H and O–H groups in total. The molecule has 0 aliphatic carbocycles. The van der Waals surface area contributed by atoms with Crippen LogP contribution in [0.4, 0.5) is 9.59 Å². The second-order valence-electron chi connectivity index (χ2n) is 8.22. The van der Waals surface area contributed by atoms with Gasteiger partial charge in [-0.2, -0.15) is 0 Å². The minimum absolute atomic E-state index is 0.332. The topological polar surface area (TPSA) is 91.8 Å². The van der Waals surface area contributed by atoms with Crippen LogP contribution >= 0.6 is 0 Å². The maximum absolute atomic E-state index is 12.9. The molecule has 0 spiro atoms. The van der Waals surface area contributed by atoms with Crippen molar-refractivity contribution < 1.29 is 19.4 Å². The number of nitrogens with one attached hydrogen (secondary N) is 1. The molecule has 7 heteroatoms. The van der Waals surface area contributed by atoms with Gasteiger partial charge in [0.15, 0.2) is 0 Å². The number of benzene rings is 1. The van der Waals surface area contributed by atoms with Crippen molar-refractivity contribution in [1.29, 1.82) is 0 Å². The molecule has 3 amide bonds. The number of aliphatic hydroxyl groups excluding tert-OH is 1. The number of amides is 3. The number of aliphatic hydroxyl groups is 1. The quantitative estimate of drug-likeness (QED) is 0.828. The molecule has 2 aromatic rings. The molecule has 1 aliphatic rings. The van der Waals surface area contributed by atoms with Crippen LogP contribution in [0.25, 0.3) is 0 Å². The highest BCUT2D eigenvalue weighted by atomic mass is 16.6. The number of urea groups is 1. The summed E-state index contributed by atoms with van der Waals surface area (Å²) in [5, 5.41) is 13.9. The van der Waals surface area contributed by atoms with Crippen molar-refractivity contribution in [3.8, 4) is 0 Å². The molecule has 0 radical (unpaired) electrons. The normalized spacial score (nSPS) is 22.1. The molecule has 29 heavy (non-hydrogen) atoms. The molecular formula is C22H27N3O4. The maximum atomic E-state index is 12.9. The average molecular weight is 397 g/mol. The monoisotopic (exact) mass is 397 g/mol. The largest absolute Gasteiger partial charge is 0.443 e. The zero-order chi connectivity index (χ0) is 21.0. The molecule has 2 heterocycles. The van der Waals surface area contributed by atoms with Gasteiger partial charge in [-0.05, 0) is 50.8 Å². The van der Waals surface area contributed by atoms with Crippen LogP contribution in [0.2, 0.25) is 0 Å². The second kappa shape index (κ2) is 8.61. The fourth-order valence-electron chi connectivity index (χ4n) is 3.43. The van der Waals surface area contributed by atoms with Crippen LogP contribution < -0.4 is 5.32 Å². The molecular weight excluding hydrogens is 370 g/mol. The summed E-state index contributed by atoms with van der Waals surface area (Å²) in [6, 6.07) is 11.3. The molecule has 1 aliphatic heterocycles. The van der Waals surface area contributed by atoms with Crippen LogP contribution in [0.15, 0.2) is 54.9 Å². The SMILES string of the molecule is CC(C)(C)OC(=O)N1C(=O)N[C@@H](Cc2cccnc2)[C@H](O)[C@@H]1Cc1ccccc1. The van der Waals surface area contributed by atoms with Crippen LogP contribution in [0.3, 0.4) is 0 Å². The van der Waals surface area contributed by atoms with Gasteiger partial charge in [-0.1, -0.05) is 36.4 Å². The van der Waals surface area contributed by atoms with Gasteiger partial charge < -0.3 is 15.2 Å². The van der Waals surface area contributed by atoms with Gasteiger partial charge in [-0.25, -0.2) is 14.5 Å². The number of carbonyl (C=O) groups excluding carboxylic acids is 2. The van der Waals surface area contributed by atoms with Gasteiger partial charge in [0.2, 0.25) is 0 Å². The first-order chi connectivity index (χ1) is 13.7. The number of pyridine rings is 1. The van der Waals surface area contributed by atoms with Crippen molar-refractivity contribution in [2.45, 2.75) is 57.4 Å². The molecule has 1 aromatic carbocycles. The smallest absolute Gasteiger partial charge is 0.418 e. The van der Waals surface area contributed by atoms with Crippen LogP contribution in [0, 0.1) is 0 Å². The lowest BCUT2D eigenvalue weighted by atomic mass is 9.90. The van der Waals surface area contributed by atoms with E-state index in [-0.39, 0.29) is 0 Å². The van der Waals surface area contributed by atoms with Crippen LogP contribution in [-0.2, 0) is 17.6 Å². The maximum Gasteiger partial charge on any atom is 0.418 e. The zero-order valence-electron chi connectivity index (χ0n) is 16.9. The fraction of sp³-hybridized carbons (Fsp3) is 0.409. The Morgan fingerprint density at radius 3 is 2.45 bits per heavy atom. The number of ether oxygens (including phenoxy) is 1. The van der Waals surface area contributed by atoms with E-state index in [0.717, 1.165) is 16.0 Å². The third-order valence-corrected chi connectivity index (χ3v) is 4.72. The molecule has 0 unspecified atom stereocenters. The molecule has 1 fully saturated rings. The summed E-state index contributed by atoms with van der Waals surface area (Å²) in [7, 11) is 0. The molecule has 1 saturated heterocycles. The number of hydrogen-bond acceptors (Lipinski definition) is 5. The third-order valence-electron chi connectivity index (χ3n) is 4.72. The van der Waals surface area contributed by atoms with Crippen molar-refractivity contribution >= 4 is 12.1 Å². The first-order valence-electron chi connectivity index (χ1n) is 9.68. The van der Waals surface area contributed by atoms with E-state index in [9.17, 15) is 14.7 Å². The van der Waals surface area contributed by atoms with Crippen LogP contribution in [-0.4, -0.2) is 50.9 Å². The van der Waals surface area contributed by atoms with Crippen molar-refractivity contribution in [2.75, 3.05) is 0 Å². The minimum atomic E-state index is -0.972. The Morgan fingerprint density at radius 2 is 1.83 bits per heavy atom. The van der Waals surface area contributed by atoms with Gasteiger partial charge >= 0.3 is 12.1 Å². The summed E-state index contributed by atoms with van der Waals surface area (Å²) in [5.41, 5.74) is 1.05. The lowest BCUT2D eigenvalue weighted by Gasteiger charge is -2.42. The Hall–Kier alpha value is -2.93. The molecule has 0 saturated carbocycles. The highest BCUT2D eigenvalue weighted by molar-refractivity contribution is 5.92. The van der Waals surface area contributed by atoms with Gasteiger partial charge in [-0.15, -0.1) is 0 Å². The zero-order valence-corrected chi connectivity index (χ0v) is 16.9. The Morgan fingerprint density at radius 1 is 1.14 bits per heavy atom. The number of imide groups is 1. The van der Waals surface area contributed by atoms with Gasteiger partial charge in [-0.3, -0.25) is 4.98 Å². The summed E-state index contributed by atoms with van der Waals surface area (Å²) in [6.45, 7) is 5.21. The average Bonchev–Trinajstić information content (AvgIpc) is 2.66. The van der Waals surface area contributed by atoms with E-state index in [4.69, 9.17) is 4.74 Å². The van der Waals surface area contributed by atoms with E-state index in [1.54, 1.807) is 39.2 Å². The number of carbonyl (C=O) groups is 2. The predicted molar refractivity (Wildman–Crippen MR) is 108 cm³/mol. The van der Waals surface area contributed by atoms with Gasteiger partial charge in [0.25, 0.3) is 0 Å². The summed E-state index contributed by atoms with van der Waals surface area (Å²) < 4.78 is 5.42. The van der Waals surface area contributed by atoms with E-state index >= 15 is 0 Å². The molecule has 1 aromatic heterocycles. The highest BCUT2D eigenvalue weighted by Crippen LogP contribution is 2.24. The molecule has 154 valence electrons. The third kappa shape index (κ3) is 5.32. The standard InChI is InChI=1S/C22H27N3O4/c1-22(2,3)29-21(28)25-18(13-15-8-5-4-6-9-15)19(26)17(24-20(25)27)12-16-10-7-11-23-14-16/h4-11,14,17-19,26H,12-13H2,1-3H3,(H,24,27)/t17-,18-,19-/m0/s1. The summed E-state index contributed by atoms with van der Waals surface area (Å²) in [6.07, 6.45) is 2.37. The van der Waals surface area contributed by atoms with Gasteiger partial charge in [0.1, 0.15) is 5.60 Å². The number of hydrogen-bond donors (Lipinski definition) is 2. The van der Waals surface area contributed by atoms with Crippen molar-refractivity contribution in [3.05, 3.63) is 66.0 Å². The second-order valence-corrected chi connectivity index (χ2v) is 8.22.